The van der Waals surface area contributed by atoms with Crippen molar-refractivity contribution in [1.29, 1.82) is 0 Å². The van der Waals surface area contributed by atoms with E-state index in [4.69, 9.17) is 0 Å². The van der Waals surface area contributed by atoms with Gasteiger partial charge in [0.1, 0.15) is 11.6 Å². The van der Waals surface area contributed by atoms with Crippen LogP contribution in [0, 0.1) is 11.6 Å². The zero-order chi connectivity index (χ0) is 14.1. The highest BCUT2D eigenvalue weighted by Crippen LogP contribution is 2.35. The fourth-order valence-corrected chi connectivity index (χ4v) is 3.96. The topological polar surface area (TPSA) is 12.0 Å². The minimum Gasteiger partial charge on any atom is -0.303 e. The number of halogens is 2. The second-order valence-electron chi connectivity index (χ2n) is 5.27. The molecule has 1 heterocycles. The van der Waals surface area contributed by atoms with E-state index < -0.39 is 11.6 Å². The van der Waals surface area contributed by atoms with E-state index >= 15 is 0 Å². The van der Waals surface area contributed by atoms with Crippen molar-refractivity contribution in [2.24, 2.45) is 0 Å². The molecule has 0 saturated heterocycles. The van der Waals surface area contributed by atoms with Crippen molar-refractivity contribution in [2.75, 3.05) is 0 Å². The number of rotatable bonds is 3. The second kappa shape index (κ2) is 5.62. The Morgan fingerprint density at radius 3 is 2.75 bits per heavy atom. The van der Waals surface area contributed by atoms with E-state index in [1.54, 1.807) is 11.3 Å². The van der Waals surface area contributed by atoms with Crippen LogP contribution >= 0.6 is 11.3 Å². The standard InChI is InChI=1S/C16H17F2NS/c1-10(16-12(17)4-2-5-13(16)18)19-14-6-3-7-15-11(14)8-9-20-15/h2,4-5,8-10,14,19H,3,6-7H2,1H3. The molecule has 1 aromatic carbocycles. The largest absolute Gasteiger partial charge is 0.303 e. The SMILES string of the molecule is CC(NC1CCCc2sccc21)c1c(F)cccc1F. The summed E-state index contributed by atoms with van der Waals surface area (Å²) >= 11 is 1.77. The minimum absolute atomic E-state index is 0.134. The van der Waals surface area contributed by atoms with Crippen LogP contribution in [0.2, 0.25) is 0 Å². The van der Waals surface area contributed by atoms with Crippen molar-refractivity contribution in [1.82, 2.24) is 5.32 Å². The first-order chi connectivity index (χ1) is 9.66. The zero-order valence-corrected chi connectivity index (χ0v) is 12.1. The molecule has 0 bridgehead atoms. The Hall–Kier alpha value is -1.26. The van der Waals surface area contributed by atoms with Gasteiger partial charge in [0.05, 0.1) is 0 Å². The van der Waals surface area contributed by atoms with Crippen molar-refractivity contribution < 1.29 is 8.78 Å². The van der Waals surface area contributed by atoms with Crippen molar-refractivity contribution in [3.63, 3.8) is 0 Å². The molecule has 0 radical (unpaired) electrons. The predicted molar refractivity (Wildman–Crippen MR) is 77.9 cm³/mol. The van der Waals surface area contributed by atoms with Gasteiger partial charge in [0.2, 0.25) is 0 Å². The fourth-order valence-electron chi connectivity index (χ4n) is 2.97. The van der Waals surface area contributed by atoms with Crippen molar-refractivity contribution >= 4 is 11.3 Å². The van der Waals surface area contributed by atoms with Crippen LogP contribution < -0.4 is 5.32 Å². The van der Waals surface area contributed by atoms with Gasteiger partial charge in [0, 0.05) is 22.5 Å². The number of thiophene rings is 1. The first kappa shape index (κ1) is 13.7. The van der Waals surface area contributed by atoms with Crippen molar-refractivity contribution in [3.8, 4) is 0 Å². The third kappa shape index (κ3) is 2.50. The lowest BCUT2D eigenvalue weighted by Crippen LogP contribution is -2.28. The van der Waals surface area contributed by atoms with Crippen LogP contribution in [0.1, 0.15) is 47.9 Å². The summed E-state index contributed by atoms with van der Waals surface area (Å²) in [4.78, 5) is 1.40. The predicted octanol–water partition coefficient (Wildman–Crippen LogP) is 4.75. The summed E-state index contributed by atoms with van der Waals surface area (Å²) in [5.41, 5.74) is 1.43. The molecule has 1 aromatic heterocycles. The quantitative estimate of drug-likeness (QED) is 0.860. The lowest BCUT2D eigenvalue weighted by atomic mass is 9.92. The molecule has 2 aromatic rings. The number of hydrogen-bond donors (Lipinski definition) is 1. The molecule has 1 aliphatic carbocycles. The average molecular weight is 293 g/mol. The Kier molecular flexibility index (Phi) is 3.85. The number of nitrogens with one attached hydrogen (secondary N) is 1. The summed E-state index contributed by atoms with van der Waals surface area (Å²) in [6.45, 7) is 1.82. The first-order valence-corrected chi connectivity index (χ1v) is 7.81. The Morgan fingerprint density at radius 1 is 1.25 bits per heavy atom. The Morgan fingerprint density at radius 2 is 2.00 bits per heavy atom. The van der Waals surface area contributed by atoms with E-state index in [9.17, 15) is 8.78 Å². The average Bonchev–Trinajstić information content (AvgIpc) is 2.88. The zero-order valence-electron chi connectivity index (χ0n) is 11.3. The van der Waals surface area contributed by atoms with Crippen LogP contribution in [0.3, 0.4) is 0 Å². The van der Waals surface area contributed by atoms with Gasteiger partial charge in [-0.1, -0.05) is 6.07 Å². The summed E-state index contributed by atoms with van der Waals surface area (Å²) in [7, 11) is 0. The molecule has 0 spiro atoms. The van der Waals surface area contributed by atoms with Gasteiger partial charge >= 0.3 is 0 Å². The molecule has 1 N–H and O–H groups in total. The molecule has 2 atom stereocenters. The monoisotopic (exact) mass is 293 g/mol. The number of benzene rings is 1. The molecule has 1 nitrogen and oxygen atoms in total. The highest BCUT2D eigenvalue weighted by molar-refractivity contribution is 7.10. The first-order valence-electron chi connectivity index (χ1n) is 6.93. The summed E-state index contributed by atoms with van der Waals surface area (Å²) in [5, 5.41) is 5.48. The van der Waals surface area contributed by atoms with E-state index in [2.05, 4.69) is 16.8 Å². The van der Waals surface area contributed by atoms with Gasteiger partial charge in [0.15, 0.2) is 0 Å². The van der Waals surface area contributed by atoms with Gasteiger partial charge in [-0.05, 0) is 55.3 Å². The summed E-state index contributed by atoms with van der Waals surface area (Å²) in [5.74, 6) is -0.960. The van der Waals surface area contributed by atoms with E-state index in [1.807, 2.05) is 6.92 Å². The molecule has 106 valence electrons. The maximum Gasteiger partial charge on any atom is 0.130 e. The van der Waals surface area contributed by atoms with E-state index in [1.165, 1.54) is 28.6 Å². The van der Waals surface area contributed by atoms with Gasteiger partial charge in [-0.2, -0.15) is 0 Å². The van der Waals surface area contributed by atoms with Crippen LogP contribution in [-0.4, -0.2) is 0 Å². The minimum atomic E-state index is -0.480. The molecule has 3 rings (SSSR count). The Bertz CT molecular complexity index is 588. The molecule has 0 aliphatic heterocycles. The lowest BCUT2D eigenvalue weighted by Gasteiger charge is -2.27. The molecule has 2 unspecified atom stereocenters. The number of fused-ring (bicyclic) bond motifs is 1. The fraction of sp³-hybridized carbons (Fsp3) is 0.375. The lowest BCUT2D eigenvalue weighted by molar-refractivity contribution is 0.399. The summed E-state index contributed by atoms with van der Waals surface area (Å²) in [6, 6.07) is 6.01. The van der Waals surface area contributed by atoms with Gasteiger partial charge in [-0.25, -0.2) is 8.78 Å². The molecule has 0 saturated carbocycles. The van der Waals surface area contributed by atoms with E-state index in [0.717, 1.165) is 19.3 Å². The maximum atomic E-state index is 13.8. The number of aryl methyl sites for hydroxylation is 1. The molecule has 0 fully saturated rings. The van der Waals surface area contributed by atoms with Crippen LogP contribution in [-0.2, 0) is 6.42 Å². The van der Waals surface area contributed by atoms with Crippen molar-refractivity contribution in [3.05, 3.63) is 57.3 Å². The summed E-state index contributed by atoms with van der Waals surface area (Å²) < 4.78 is 27.6. The van der Waals surface area contributed by atoms with E-state index in [0.29, 0.717) is 0 Å². The second-order valence-corrected chi connectivity index (χ2v) is 6.27. The van der Waals surface area contributed by atoms with Gasteiger partial charge in [0.25, 0.3) is 0 Å². The van der Waals surface area contributed by atoms with Crippen LogP contribution in [0.5, 0.6) is 0 Å². The van der Waals surface area contributed by atoms with Gasteiger partial charge in [-0.3, -0.25) is 0 Å². The van der Waals surface area contributed by atoms with Crippen molar-refractivity contribution in [2.45, 2.75) is 38.3 Å². The maximum absolute atomic E-state index is 13.8. The third-order valence-electron chi connectivity index (χ3n) is 3.94. The molecule has 0 amide bonds. The Labute approximate surface area is 121 Å². The molecular weight excluding hydrogens is 276 g/mol. The molecular formula is C16H17F2NS. The number of hydrogen-bond acceptors (Lipinski definition) is 2. The highest BCUT2D eigenvalue weighted by Gasteiger charge is 2.24. The third-order valence-corrected chi connectivity index (χ3v) is 4.93. The molecule has 20 heavy (non-hydrogen) atoms. The highest BCUT2D eigenvalue weighted by atomic mass is 32.1. The van der Waals surface area contributed by atoms with E-state index in [-0.39, 0.29) is 17.6 Å². The normalized spacial score (nSPS) is 19.6. The smallest absolute Gasteiger partial charge is 0.130 e. The van der Waals surface area contributed by atoms with Gasteiger partial charge < -0.3 is 5.32 Å². The molecule has 1 aliphatic rings. The van der Waals surface area contributed by atoms with Crippen LogP contribution in [0.4, 0.5) is 8.78 Å². The van der Waals surface area contributed by atoms with Crippen LogP contribution in [0.25, 0.3) is 0 Å². The Balaban J connectivity index is 1.83. The summed E-state index contributed by atoms with van der Waals surface area (Å²) in [6.07, 6.45) is 3.26. The van der Waals surface area contributed by atoms with Gasteiger partial charge in [-0.15, -0.1) is 11.3 Å². The van der Waals surface area contributed by atoms with Crippen LogP contribution in [0.15, 0.2) is 29.6 Å². The molecule has 4 heteroatoms.